The molecule has 1 nitrogen and oxygen atoms in total. The van der Waals surface area contributed by atoms with Crippen molar-refractivity contribution in [2.45, 2.75) is 19.3 Å². The molecule has 0 radical (unpaired) electrons. The van der Waals surface area contributed by atoms with Crippen LogP contribution in [0.4, 0.5) is 0 Å². The first-order chi connectivity index (χ1) is 4.43. The van der Waals surface area contributed by atoms with Gasteiger partial charge in [-0.2, -0.15) is 0 Å². The van der Waals surface area contributed by atoms with Gasteiger partial charge in [0.15, 0.2) is 0 Å². The molecule has 1 heteroatoms. The van der Waals surface area contributed by atoms with Gasteiger partial charge in [0.25, 0.3) is 0 Å². The largest absolute Gasteiger partial charge is 0.298 e. The molecule has 0 aromatic heterocycles. The van der Waals surface area contributed by atoms with Crippen molar-refractivity contribution >= 4 is 6.29 Å². The van der Waals surface area contributed by atoms with Gasteiger partial charge in [-0.1, -0.05) is 18.2 Å². The normalized spacial score (nSPS) is 18.4. The summed E-state index contributed by atoms with van der Waals surface area (Å²) >= 11 is 0. The summed E-state index contributed by atoms with van der Waals surface area (Å²) < 4.78 is 0. The summed E-state index contributed by atoms with van der Waals surface area (Å²) in [7, 11) is 0. The van der Waals surface area contributed by atoms with Crippen molar-refractivity contribution in [3.8, 4) is 0 Å². The summed E-state index contributed by atoms with van der Waals surface area (Å²) in [4.78, 5) is 10.2. The Balaban J connectivity index is 2.63. The molecular weight excluding hydrogens is 112 g/mol. The van der Waals surface area contributed by atoms with Crippen LogP contribution in [-0.2, 0) is 4.79 Å². The monoisotopic (exact) mass is 122 g/mol. The minimum atomic E-state index is 0.826. The molecule has 1 aliphatic rings. The van der Waals surface area contributed by atoms with Crippen LogP contribution in [0.3, 0.4) is 0 Å². The number of carbonyl (C=O) groups excluding carboxylic acids is 1. The van der Waals surface area contributed by atoms with Gasteiger partial charge in [-0.25, -0.2) is 0 Å². The first-order valence-electron chi connectivity index (χ1n) is 3.25. The average molecular weight is 122 g/mol. The first-order valence-corrected chi connectivity index (χ1v) is 3.25. The zero-order chi connectivity index (χ0) is 6.53. The van der Waals surface area contributed by atoms with Crippen LogP contribution in [0.5, 0.6) is 0 Å². The molecule has 0 fully saturated rings. The van der Waals surface area contributed by atoms with E-state index in [0.717, 1.165) is 24.7 Å². The number of rotatable bonds is 1. The lowest BCUT2D eigenvalue weighted by molar-refractivity contribution is -0.104. The van der Waals surface area contributed by atoms with E-state index in [9.17, 15) is 4.79 Å². The molecule has 0 atom stereocenters. The zero-order valence-corrected chi connectivity index (χ0v) is 5.34. The van der Waals surface area contributed by atoms with Gasteiger partial charge in [0.2, 0.25) is 0 Å². The van der Waals surface area contributed by atoms with Gasteiger partial charge < -0.3 is 0 Å². The Hall–Kier alpha value is -0.850. The molecular formula is C8H10O. The smallest absolute Gasteiger partial charge is 0.149 e. The highest BCUT2D eigenvalue weighted by Crippen LogP contribution is 2.07. The molecule has 0 aliphatic heterocycles. The average Bonchev–Trinajstić information content (AvgIpc) is 2.13. The molecule has 9 heavy (non-hydrogen) atoms. The van der Waals surface area contributed by atoms with Crippen molar-refractivity contribution in [2.75, 3.05) is 0 Å². The Morgan fingerprint density at radius 1 is 1.44 bits per heavy atom. The maximum absolute atomic E-state index is 10.2. The maximum Gasteiger partial charge on any atom is 0.149 e. The van der Waals surface area contributed by atoms with E-state index >= 15 is 0 Å². The molecule has 0 amide bonds. The molecule has 0 aromatic rings. The third-order valence-electron chi connectivity index (χ3n) is 1.40. The van der Waals surface area contributed by atoms with E-state index in [1.807, 2.05) is 18.2 Å². The molecule has 0 N–H and O–H groups in total. The van der Waals surface area contributed by atoms with Gasteiger partial charge >= 0.3 is 0 Å². The molecule has 0 saturated heterocycles. The summed E-state index contributed by atoms with van der Waals surface area (Å²) in [5.74, 6) is 0. The third kappa shape index (κ3) is 1.84. The van der Waals surface area contributed by atoms with Crippen molar-refractivity contribution in [2.24, 2.45) is 0 Å². The van der Waals surface area contributed by atoms with E-state index in [2.05, 4.69) is 0 Å². The molecule has 48 valence electrons. The maximum atomic E-state index is 10.2. The Bertz CT molecular complexity index is 154. The first kappa shape index (κ1) is 6.27. The highest BCUT2D eigenvalue weighted by atomic mass is 16.1. The zero-order valence-electron chi connectivity index (χ0n) is 5.34. The molecule has 0 aromatic carbocycles. The quantitative estimate of drug-likeness (QED) is 0.485. The minimum absolute atomic E-state index is 0.826. The second-order valence-corrected chi connectivity index (χ2v) is 2.16. The number of aldehydes is 1. The van der Waals surface area contributed by atoms with E-state index in [1.54, 1.807) is 0 Å². The van der Waals surface area contributed by atoms with Crippen LogP contribution in [0, 0.1) is 0 Å². The molecule has 0 spiro atoms. The van der Waals surface area contributed by atoms with Gasteiger partial charge in [0.05, 0.1) is 0 Å². The van der Waals surface area contributed by atoms with Crippen LogP contribution in [0.15, 0.2) is 23.8 Å². The van der Waals surface area contributed by atoms with Crippen molar-refractivity contribution < 1.29 is 4.79 Å². The molecule has 0 saturated carbocycles. The van der Waals surface area contributed by atoms with Crippen LogP contribution in [0.2, 0.25) is 0 Å². The third-order valence-corrected chi connectivity index (χ3v) is 1.40. The standard InChI is InChI=1S/C8H10O/c9-7-8-5-3-1-2-4-6-8/h3,5-7H,1-2,4H2. The second-order valence-electron chi connectivity index (χ2n) is 2.16. The number of carbonyl (C=O) groups is 1. The van der Waals surface area contributed by atoms with E-state index in [-0.39, 0.29) is 0 Å². The van der Waals surface area contributed by atoms with Crippen molar-refractivity contribution in [3.63, 3.8) is 0 Å². The fourth-order valence-corrected chi connectivity index (χ4v) is 0.879. The highest BCUT2D eigenvalue weighted by molar-refractivity contribution is 5.77. The van der Waals surface area contributed by atoms with Gasteiger partial charge in [0, 0.05) is 5.57 Å². The minimum Gasteiger partial charge on any atom is -0.298 e. The SMILES string of the molecule is O=CC1=CCCCC=C1. The van der Waals surface area contributed by atoms with Crippen molar-refractivity contribution in [1.29, 1.82) is 0 Å². The fraction of sp³-hybridized carbons (Fsp3) is 0.375. The summed E-state index contributed by atoms with van der Waals surface area (Å²) in [6, 6.07) is 0. The topological polar surface area (TPSA) is 17.1 Å². The predicted molar refractivity (Wildman–Crippen MR) is 37.1 cm³/mol. The van der Waals surface area contributed by atoms with Crippen molar-refractivity contribution in [3.05, 3.63) is 23.8 Å². The summed E-state index contributed by atoms with van der Waals surface area (Å²) in [5.41, 5.74) is 0.826. The molecule has 0 heterocycles. The van der Waals surface area contributed by atoms with Crippen LogP contribution in [0.25, 0.3) is 0 Å². The van der Waals surface area contributed by atoms with E-state index < -0.39 is 0 Å². The van der Waals surface area contributed by atoms with Gasteiger partial charge in [-0.15, -0.1) is 0 Å². The van der Waals surface area contributed by atoms with Crippen LogP contribution in [0.1, 0.15) is 19.3 Å². The van der Waals surface area contributed by atoms with Gasteiger partial charge in [0.1, 0.15) is 6.29 Å². The van der Waals surface area contributed by atoms with Crippen LogP contribution >= 0.6 is 0 Å². The van der Waals surface area contributed by atoms with Gasteiger partial charge in [-0.05, 0) is 19.3 Å². The Kier molecular flexibility index (Phi) is 2.25. The summed E-state index contributed by atoms with van der Waals surface area (Å²) in [5, 5.41) is 0. The predicted octanol–water partition coefficient (Wildman–Crippen LogP) is 1.85. The van der Waals surface area contributed by atoms with Crippen molar-refractivity contribution in [1.82, 2.24) is 0 Å². The van der Waals surface area contributed by atoms with E-state index in [0.29, 0.717) is 0 Å². The second kappa shape index (κ2) is 3.23. The van der Waals surface area contributed by atoms with Crippen LogP contribution in [-0.4, -0.2) is 6.29 Å². The fourth-order valence-electron chi connectivity index (χ4n) is 0.879. The highest BCUT2D eigenvalue weighted by Gasteiger charge is 1.92. The summed E-state index contributed by atoms with van der Waals surface area (Å²) in [6.45, 7) is 0. The van der Waals surface area contributed by atoms with Gasteiger partial charge in [-0.3, -0.25) is 4.79 Å². The number of hydrogen-bond donors (Lipinski definition) is 0. The van der Waals surface area contributed by atoms with Crippen LogP contribution < -0.4 is 0 Å². The number of hydrogen-bond acceptors (Lipinski definition) is 1. The molecule has 0 bridgehead atoms. The Morgan fingerprint density at radius 2 is 2.33 bits per heavy atom. The lowest BCUT2D eigenvalue weighted by atomic mass is 10.2. The Labute approximate surface area is 55.1 Å². The van der Waals surface area contributed by atoms with E-state index in [1.165, 1.54) is 6.42 Å². The lowest BCUT2D eigenvalue weighted by Gasteiger charge is -1.83. The molecule has 0 unspecified atom stereocenters. The molecule has 1 rings (SSSR count). The molecule has 1 aliphatic carbocycles. The lowest BCUT2D eigenvalue weighted by Crippen LogP contribution is -1.75. The van der Waals surface area contributed by atoms with E-state index in [4.69, 9.17) is 0 Å². The summed E-state index contributed by atoms with van der Waals surface area (Å²) in [6.07, 6.45) is 10.1. The Morgan fingerprint density at radius 3 is 3.11 bits per heavy atom. The number of allylic oxidation sites excluding steroid dienone is 4.